The third kappa shape index (κ3) is 5.88. The molecule has 0 aliphatic heterocycles. The van der Waals surface area contributed by atoms with E-state index in [9.17, 15) is 19.8 Å². The Morgan fingerprint density at radius 3 is 1.19 bits per heavy atom. The number of aryl methyl sites for hydroxylation is 2. The molecule has 0 N–H and O–H groups in total. The number of carboxylic acids is 2. The molecule has 0 aliphatic carbocycles. The average molecular weight is 336 g/mol. The van der Waals surface area contributed by atoms with Gasteiger partial charge in [-0.25, -0.2) is 0 Å². The fourth-order valence-corrected chi connectivity index (χ4v) is 1.60. The van der Waals surface area contributed by atoms with E-state index >= 15 is 0 Å². The molecule has 0 aromatic heterocycles. The Morgan fingerprint density at radius 2 is 1.00 bits per heavy atom. The molecule has 5 heteroatoms. The number of carboxylic acid groups (broad SMARTS) is 2. The number of aromatic carboxylic acids is 2. The molecule has 0 amide bonds. The van der Waals surface area contributed by atoms with E-state index in [1.807, 2.05) is 0 Å². The minimum Gasteiger partial charge on any atom is -0.545 e. The molecule has 0 radical (unpaired) electrons. The standard InChI is InChI=1S/2C8H8O2.Zn/c2*1-6-4-2-3-5-7(6)8(9)10;/h2*2-5H,1H3,(H,9,10);/q;;+2/p-2. The summed E-state index contributed by atoms with van der Waals surface area (Å²) in [6.07, 6.45) is 0. The molecule has 0 heterocycles. The van der Waals surface area contributed by atoms with E-state index in [1.54, 1.807) is 50.2 Å². The van der Waals surface area contributed by atoms with Crippen molar-refractivity contribution in [3.8, 4) is 0 Å². The topological polar surface area (TPSA) is 80.3 Å². The predicted molar refractivity (Wildman–Crippen MR) is 71.0 cm³/mol. The van der Waals surface area contributed by atoms with E-state index < -0.39 is 11.9 Å². The van der Waals surface area contributed by atoms with E-state index in [0.717, 1.165) is 11.1 Å². The number of rotatable bonds is 2. The summed E-state index contributed by atoms with van der Waals surface area (Å²) < 4.78 is 0. The van der Waals surface area contributed by atoms with Crippen LogP contribution in [0.4, 0.5) is 0 Å². The monoisotopic (exact) mass is 334 g/mol. The van der Waals surface area contributed by atoms with Gasteiger partial charge in [0.05, 0.1) is 11.9 Å². The summed E-state index contributed by atoms with van der Waals surface area (Å²) in [5, 5.41) is 20.6. The van der Waals surface area contributed by atoms with Crippen LogP contribution in [0.3, 0.4) is 0 Å². The molecule has 4 nitrogen and oxygen atoms in total. The van der Waals surface area contributed by atoms with Crippen LogP contribution in [0, 0.1) is 13.8 Å². The number of hydrogen-bond donors (Lipinski definition) is 0. The minimum atomic E-state index is -1.11. The van der Waals surface area contributed by atoms with Crippen LogP contribution in [-0.2, 0) is 19.5 Å². The van der Waals surface area contributed by atoms with E-state index in [4.69, 9.17) is 0 Å². The molecule has 104 valence electrons. The molecular weight excluding hydrogens is 322 g/mol. The van der Waals surface area contributed by atoms with Gasteiger partial charge >= 0.3 is 19.5 Å². The second kappa shape index (κ2) is 9.03. The van der Waals surface area contributed by atoms with Crippen molar-refractivity contribution in [2.24, 2.45) is 0 Å². The normalized spacial score (nSPS) is 8.86. The predicted octanol–water partition coefficient (Wildman–Crippen LogP) is 0.715. The minimum absolute atomic E-state index is 0. The largest absolute Gasteiger partial charge is 2.00 e. The quantitative estimate of drug-likeness (QED) is 0.757. The third-order valence-electron chi connectivity index (χ3n) is 2.73. The van der Waals surface area contributed by atoms with Crippen molar-refractivity contribution in [3.63, 3.8) is 0 Å². The zero-order chi connectivity index (χ0) is 15.1. The van der Waals surface area contributed by atoms with Crippen molar-refractivity contribution in [2.75, 3.05) is 0 Å². The van der Waals surface area contributed by atoms with Crippen molar-refractivity contribution in [2.45, 2.75) is 13.8 Å². The average Bonchev–Trinajstić information content (AvgIpc) is 2.40. The summed E-state index contributed by atoms with van der Waals surface area (Å²) in [7, 11) is 0. The van der Waals surface area contributed by atoms with Crippen LogP contribution in [0.2, 0.25) is 0 Å². The molecule has 0 fully saturated rings. The van der Waals surface area contributed by atoms with Gasteiger partial charge in [0.25, 0.3) is 0 Å². The van der Waals surface area contributed by atoms with Crippen LogP contribution in [-0.4, -0.2) is 11.9 Å². The molecule has 0 saturated carbocycles. The summed E-state index contributed by atoms with van der Waals surface area (Å²) in [4.78, 5) is 20.6. The van der Waals surface area contributed by atoms with Gasteiger partial charge in [-0.15, -0.1) is 0 Å². The van der Waals surface area contributed by atoms with Crippen LogP contribution in [0.5, 0.6) is 0 Å². The van der Waals surface area contributed by atoms with Gasteiger partial charge in [-0.2, -0.15) is 0 Å². The summed E-state index contributed by atoms with van der Waals surface area (Å²) in [6.45, 7) is 3.48. The first-order valence-corrected chi connectivity index (χ1v) is 5.97. The van der Waals surface area contributed by atoms with Crippen molar-refractivity contribution in [1.29, 1.82) is 0 Å². The van der Waals surface area contributed by atoms with Gasteiger partial charge in [-0.3, -0.25) is 0 Å². The fourth-order valence-electron chi connectivity index (χ4n) is 1.60. The van der Waals surface area contributed by atoms with E-state index in [2.05, 4.69) is 0 Å². The smallest absolute Gasteiger partial charge is 0.545 e. The maximum Gasteiger partial charge on any atom is 2.00 e. The zero-order valence-corrected chi connectivity index (χ0v) is 14.9. The second-order valence-electron chi connectivity index (χ2n) is 4.20. The molecule has 2 aromatic carbocycles. The molecule has 0 saturated heterocycles. The Balaban J connectivity index is 0.000000364. The SMILES string of the molecule is Cc1ccccc1C(=O)[O-].Cc1ccccc1C(=O)[O-].[Zn+2]. The Morgan fingerprint density at radius 1 is 0.714 bits per heavy atom. The zero-order valence-electron chi connectivity index (χ0n) is 12.0. The van der Waals surface area contributed by atoms with Crippen molar-refractivity contribution in [3.05, 3.63) is 70.8 Å². The van der Waals surface area contributed by atoms with Gasteiger partial charge in [-0.1, -0.05) is 48.5 Å². The first-order chi connectivity index (χ1) is 9.43. The van der Waals surface area contributed by atoms with Gasteiger partial charge in [0.1, 0.15) is 0 Å². The molecule has 0 bridgehead atoms. The fraction of sp³-hybridized carbons (Fsp3) is 0.125. The van der Waals surface area contributed by atoms with E-state index in [-0.39, 0.29) is 30.6 Å². The van der Waals surface area contributed by atoms with Crippen LogP contribution < -0.4 is 10.2 Å². The first kappa shape index (κ1) is 19.0. The molecule has 21 heavy (non-hydrogen) atoms. The maximum absolute atomic E-state index is 10.3. The number of carbonyl (C=O) groups is 2. The Bertz CT molecular complexity index is 568. The third-order valence-corrected chi connectivity index (χ3v) is 2.73. The first-order valence-electron chi connectivity index (χ1n) is 5.97. The number of benzene rings is 2. The number of carbonyl (C=O) groups excluding carboxylic acids is 2. The molecule has 0 aliphatic rings. The summed E-state index contributed by atoms with van der Waals surface area (Å²) in [6, 6.07) is 13.5. The summed E-state index contributed by atoms with van der Waals surface area (Å²) in [5.74, 6) is -2.23. The molecule has 2 rings (SSSR count). The Kier molecular flexibility index (Phi) is 8.18. The molecule has 0 atom stereocenters. The summed E-state index contributed by atoms with van der Waals surface area (Å²) in [5.41, 5.74) is 2.01. The molecule has 0 spiro atoms. The molecular formula is C16H14O4Zn. The molecule has 0 unspecified atom stereocenters. The molecule has 2 aromatic rings. The maximum atomic E-state index is 10.3. The Hall–Kier alpha value is -2.00. The van der Waals surface area contributed by atoms with Crippen LogP contribution in [0.15, 0.2) is 48.5 Å². The van der Waals surface area contributed by atoms with Crippen LogP contribution >= 0.6 is 0 Å². The van der Waals surface area contributed by atoms with E-state index in [1.165, 1.54) is 12.1 Å². The van der Waals surface area contributed by atoms with Crippen LogP contribution in [0.1, 0.15) is 31.8 Å². The van der Waals surface area contributed by atoms with Crippen LogP contribution in [0.25, 0.3) is 0 Å². The van der Waals surface area contributed by atoms with Gasteiger partial charge in [-0.05, 0) is 25.0 Å². The van der Waals surface area contributed by atoms with Gasteiger partial charge in [0, 0.05) is 11.1 Å². The van der Waals surface area contributed by atoms with Crippen molar-refractivity contribution in [1.82, 2.24) is 0 Å². The van der Waals surface area contributed by atoms with Crippen molar-refractivity contribution < 1.29 is 39.3 Å². The second-order valence-corrected chi connectivity index (χ2v) is 4.20. The van der Waals surface area contributed by atoms with Gasteiger partial charge < -0.3 is 19.8 Å². The van der Waals surface area contributed by atoms with Gasteiger partial charge in [0.15, 0.2) is 0 Å². The van der Waals surface area contributed by atoms with Crippen molar-refractivity contribution >= 4 is 11.9 Å². The van der Waals surface area contributed by atoms with Gasteiger partial charge in [0.2, 0.25) is 0 Å². The number of hydrogen-bond acceptors (Lipinski definition) is 4. The Labute approximate surface area is 136 Å². The summed E-state index contributed by atoms with van der Waals surface area (Å²) >= 11 is 0. The van der Waals surface area contributed by atoms with E-state index in [0.29, 0.717) is 0 Å².